The molecule has 1 unspecified atom stereocenters. The third-order valence-electron chi connectivity index (χ3n) is 2.81. The van der Waals surface area contributed by atoms with Gasteiger partial charge in [-0.25, -0.2) is 4.98 Å². The first kappa shape index (κ1) is 16.7. The summed E-state index contributed by atoms with van der Waals surface area (Å²) in [5.74, 6) is 0.759. The molecule has 2 N–H and O–H groups in total. The van der Waals surface area contributed by atoms with Crippen molar-refractivity contribution in [3.8, 4) is 0 Å². The molecular weight excluding hydrogens is 278 g/mol. The average Bonchev–Trinajstić information content (AvgIpc) is 2.36. The number of nitrogens with one attached hydrogen (secondary N) is 1. The number of carbonyl (C=O) groups is 1. The van der Waals surface area contributed by atoms with Crippen LogP contribution >= 0.6 is 11.6 Å². The number of nitrogens with zero attached hydrogens (tertiary/aromatic N) is 2. The van der Waals surface area contributed by atoms with E-state index in [0.29, 0.717) is 17.3 Å². The van der Waals surface area contributed by atoms with Crippen LogP contribution in [0.4, 0.5) is 5.82 Å². The van der Waals surface area contributed by atoms with Crippen molar-refractivity contribution in [2.75, 3.05) is 25.6 Å². The van der Waals surface area contributed by atoms with Gasteiger partial charge in [0, 0.05) is 19.7 Å². The minimum atomic E-state index is -0.253. The zero-order chi connectivity index (χ0) is 15.3. The number of rotatable bonds is 6. The van der Waals surface area contributed by atoms with E-state index in [-0.39, 0.29) is 23.7 Å². The molecule has 112 valence electrons. The van der Waals surface area contributed by atoms with Crippen LogP contribution < -0.4 is 10.2 Å². The second-order valence-electron chi connectivity index (χ2n) is 5.41. The fourth-order valence-corrected chi connectivity index (χ4v) is 2.06. The van der Waals surface area contributed by atoms with Gasteiger partial charge in [0.25, 0.3) is 5.91 Å². The monoisotopic (exact) mass is 299 g/mol. The minimum absolute atomic E-state index is 0.0801. The van der Waals surface area contributed by atoms with Crippen molar-refractivity contribution in [2.45, 2.75) is 26.3 Å². The molecule has 6 heteroatoms. The Bertz CT molecular complexity index is 464. The van der Waals surface area contributed by atoms with Crippen molar-refractivity contribution in [1.82, 2.24) is 10.3 Å². The summed E-state index contributed by atoms with van der Waals surface area (Å²) in [5, 5.41) is 12.4. The summed E-state index contributed by atoms with van der Waals surface area (Å²) in [6.45, 7) is 4.01. The number of carbonyl (C=O) groups excluding carboxylic acids is 1. The molecule has 0 aliphatic rings. The van der Waals surface area contributed by atoms with E-state index in [0.717, 1.165) is 6.42 Å². The van der Waals surface area contributed by atoms with Gasteiger partial charge in [0.2, 0.25) is 0 Å². The van der Waals surface area contributed by atoms with Crippen molar-refractivity contribution in [3.05, 3.63) is 22.8 Å². The number of amides is 1. The second-order valence-corrected chi connectivity index (χ2v) is 5.80. The molecule has 0 fully saturated rings. The summed E-state index contributed by atoms with van der Waals surface area (Å²) in [6, 6.07) is 2.94. The zero-order valence-corrected chi connectivity index (χ0v) is 13.1. The summed E-state index contributed by atoms with van der Waals surface area (Å²) < 4.78 is 0. The molecule has 1 amide bonds. The van der Waals surface area contributed by atoms with E-state index in [4.69, 9.17) is 11.6 Å². The molecule has 0 saturated carbocycles. The smallest absolute Gasteiger partial charge is 0.251 e. The molecular formula is C14H22ClN3O2. The number of anilines is 1. The van der Waals surface area contributed by atoms with Gasteiger partial charge in [0.05, 0.1) is 12.6 Å². The van der Waals surface area contributed by atoms with Gasteiger partial charge in [-0.15, -0.1) is 0 Å². The lowest BCUT2D eigenvalue weighted by Gasteiger charge is -2.19. The van der Waals surface area contributed by atoms with Crippen LogP contribution in [-0.4, -0.2) is 42.7 Å². The van der Waals surface area contributed by atoms with Crippen molar-refractivity contribution in [2.24, 2.45) is 5.92 Å². The maximum atomic E-state index is 12.2. The highest BCUT2D eigenvalue weighted by atomic mass is 35.5. The Kier molecular flexibility index (Phi) is 6.23. The van der Waals surface area contributed by atoms with Crippen LogP contribution in [0.2, 0.25) is 5.15 Å². The summed E-state index contributed by atoms with van der Waals surface area (Å²) >= 11 is 5.93. The van der Waals surface area contributed by atoms with Crippen LogP contribution in [0.5, 0.6) is 0 Å². The van der Waals surface area contributed by atoms with Gasteiger partial charge in [0.15, 0.2) is 0 Å². The predicted molar refractivity (Wildman–Crippen MR) is 81.4 cm³/mol. The standard InChI is InChI=1S/C14H22ClN3O2/c1-9(2)5-11(8-19)16-14(20)10-6-12(15)17-13(7-10)18(3)4/h6-7,9,11,19H,5,8H2,1-4H3,(H,16,20). The van der Waals surface area contributed by atoms with Crippen molar-refractivity contribution >= 4 is 23.3 Å². The zero-order valence-electron chi connectivity index (χ0n) is 12.4. The maximum Gasteiger partial charge on any atom is 0.251 e. The van der Waals surface area contributed by atoms with Gasteiger partial charge in [-0.1, -0.05) is 25.4 Å². The Balaban J connectivity index is 2.86. The van der Waals surface area contributed by atoms with Gasteiger partial charge < -0.3 is 15.3 Å². The van der Waals surface area contributed by atoms with Crippen LogP contribution in [0, 0.1) is 5.92 Å². The molecule has 0 spiro atoms. The van der Waals surface area contributed by atoms with Crippen LogP contribution in [-0.2, 0) is 0 Å². The molecule has 0 aliphatic carbocycles. The molecule has 0 radical (unpaired) electrons. The SMILES string of the molecule is CC(C)CC(CO)NC(=O)c1cc(Cl)nc(N(C)C)c1. The molecule has 0 bridgehead atoms. The van der Waals surface area contributed by atoms with Gasteiger partial charge >= 0.3 is 0 Å². The number of aromatic nitrogens is 1. The summed E-state index contributed by atoms with van der Waals surface area (Å²) in [4.78, 5) is 18.1. The van der Waals surface area contributed by atoms with Crippen molar-refractivity contribution < 1.29 is 9.90 Å². The number of pyridine rings is 1. The van der Waals surface area contributed by atoms with E-state index >= 15 is 0 Å². The van der Waals surface area contributed by atoms with E-state index in [1.54, 1.807) is 11.0 Å². The van der Waals surface area contributed by atoms with Gasteiger partial charge in [-0.2, -0.15) is 0 Å². The van der Waals surface area contributed by atoms with E-state index in [1.165, 1.54) is 6.07 Å². The Hall–Kier alpha value is -1.33. The first-order valence-electron chi connectivity index (χ1n) is 6.60. The number of aliphatic hydroxyl groups excluding tert-OH is 1. The lowest BCUT2D eigenvalue weighted by molar-refractivity contribution is 0.0908. The molecule has 5 nitrogen and oxygen atoms in total. The molecule has 0 saturated heterocycles. The van der Waals surface area contributed by atoms with E-state index in [2.05, 4.69) is 10.3 Å². The largest absolute Gasteiger partial charge is 0.394 e. The van der Waals surface area contributed by atoms with E-state index < -0.39 is 0 Å². The van der Waals surface area contributed by atoms with Crippen LogP contribution in [0.15, 0.2) is 12.1 Å². The molecule has 1 rings (SSSR count). The summed E-state index contributed by atoms with van der Waals surface area (Å²) in [7, 11) is 3.66. The number of hydrogen-bond acceptors (Lipinski definition) is 4. The quantitative estimate of drug-likeness (QED) is 0.788. The Labute approximate surface area is 125 Å². The third kappa shape index (κ3) is 4.98. The molecule has 20 heavy (non-hydrogen) atoms. The second kappa shape index (κ2) is 7.45. The van der Waals surface area contributed by atoms with Gasteiger partial charge in [-0.05, 0) is 24.5 Å². The number of halogens is 1. The molecule has 1 heterocycles. The molecule has 1 aromatic heterocycles. The van der Waals surface area contributed by atoms with Crippen molar-refractivity contribution in [3.63, 3.8) is 0 Å². The highest BCUT2D eigenvalue weighted by Crippen LogP contribution is 2.17. The first-order valence-corrected chi connectivity index (χ1v) is 6.98. The fourth-order valence-electron chi connectivity index (χ4n) is 1.86. The van der Waals surface area contributed by atoms with Gasteiger partial charge in [0.1, 0.15) is 11.0 Å². The highest BCUT2D eigenvalue weighted by Gasteiger charge is 2.16. The molecule has 0 aliphatic heterocycles. The number of aliphatic hydroxyl groups is 1. The predicted octanol–water partition coefficient (Wildman–Crippen LogP) is 1.94. The third-order valence-corrected chi connectivity index (χ3v) is 3.01. The molecule has 0 aromatic carbocycles. The molecule has 1 aromatic rings. The van der Waals surface area contributed by atoms with Crippen LogP contribution in [0.3, 0.4) is 0 Å². The topological polar surface area (TPSA) is 65.5 Å². The lowest BCUT2D eigenvalue weighted by atomic mass is 10.0. The van der Waals surface area contributed by atoms with Gasteiger partial charge in [-0.3, -0.25) is 4.79 Å². The first-order chi connectivity index (χ1) is 9.33. The lowest BCUT2D eigenvalue weighted by Crippen LogP contribution is -2.38. The average molecular weight is 300 g/mol. The minimum Gasteiger partial charge on any atom is -0.394 e. The summed E-state index contributed by atoms with van der Waals surface area (Å²) in [5.41, 5.74) is 0.441. The Morgan fingerprint density at radius 1 is 1.45 bits per heavy atom. The van der Waals surface area contributed by atoms with E-state index in [9.17, 15) is 9.90 Å². The molecule has 1 atom stereocenters. The normalized spacial score (nSPS) is 12.3. The van der Waals surface area contributed by atoms with Crippen LogP contribution in [0.25, 0.3) is 0 Å². The van der Waals surface area contributed by atoms with Crippen LogP contribution in [0.1, 0.15) is 30.6 Å². The Morgan fingerprint density at radius 2 is 2.10 bits per heavy atom. The maximum absolute atomic E-state index is 12.2. The summed E-state index contributed by atoms with van der Waals surface area (Å²) in [6.07, 6.45) is 0.724. The fraction of sp³-hybridized carbons (Fsp3) is 0.571. The number of hydrogen-bond donors (Lipinski definition) is 2. The Morgan fingerprint density at radius 3 is 2.60 bits per heavy atom. The highest BCUT2D eigenvalue weighted by molar-refractivity contribution is 6.29. The van der Waals surface area contributed by atoms with Crippen molar-refractivity contribution in [1.29, 1.82) is 0 Å². The van der Waals surface area contributed by atoms with E-state index in [1.807, 2.05) is 27.9 Å².